The van der Waals surface area contributed by atoms with E-state index >= 15 is 0 Å². The van der Waals surface area contributed by atoms with Crippen LogP contribution in [0.4, 0.5) is 0 Å². The molecule has 1 aromatic carbocycles. The second-order valence-electron chi connectivity index (χ2n) is 6.27. The number of aliphatic carboxylic acids is 1. The van der Waals surface area contributed by atoms with Crippen molar-refractivity contribution >= 4 is 5.97 Å². The maximum atomic E-state index is 12.0. The lowest BCUT2D eigenvalue weighted by atomic mass is 9.86. The van der Waals surface area contributed by atoms with Crippen molar-refractivity contribution in [2.75, 3.05) is 27.3 Å². The maximum Gasteiger partial charge on any atom is 0.325 e. The number of carboxylic acid groups (broad SMARTS) is 1. The van der Waals surface area contributed by atoms with Crippen LogP contribution in [0.25, 0.3) is 0 Å². The molecular weight excluding hydrogens is 294 g/mol. The Balaban J connectivity index is 1.92. The van der Waals surface area contributed by atoms with E-state index in [0.717, 1.165) is 25.9 Å². The molecule has 0 spiro atoms. The zero-order valence-electron chi connectivity index (χ0n) is 13.6. The van der Waals surface area contributed by atoms with Crippen LogP contribution in [-0.2, 0) is 4.79 Å². The molecule has 3 atom stereocenters. The second kappa shape index (κ2) is 6.62. The van der Waals surface area contributed by atoms with E-state index in [1.54, 1.807) is 32.4 Å². The van der Waals surface area contributed by atoms with Crippen molar-refractivity contribution in [3.05, 3.63) is 35.9 Å². The summed E-state index contributed by atoms with van der Waals surface area (Å²) in [5.74, 6) is 1.50. The van der Waals surface area contributed by atoms with Crippen molar-refractivity contribution in [3.8, 4) is 11.5 Å². The van der Waals surface area contributed by atoms with Crippen LogP contribution in [0.15, 0.2) is 30.4 Å². The van der Waals surface area contributed by atoms with Crippen molar-refractivity contribution in [1.29, 1.82) is 0 Å². The lowest BCUT2D eigenvalue weighted by molar-refractivity contribution is -0.143. The van der Waals surface area contributed by atoms with Crippen LogP contribution >= 0.6 is 0 Å². The van der Waals surface area contributed by atoms with E-state index in [2.05, 4.69) is 17.1 Å². The summed E-state index contributed by atoms with van der Waals surface area (Å²) in [7, 11) is 3.15. The van der Waals surface area contributed by atoms with E-state index in [-0.39, 0.29) is 0 Å². The molecule has 5 nitrogen and oxygen atoms in total. The largest absolute Gasteiger partial charge is 0.497 e. The number of nitrogens with zero attached hydrogens (tertiary/aromatic N) is 1. The molecule has 5 heteroatoms. The van der Waals surface area contributed by atoms with Gasteiger partial charge in [-0.3, -0.25) is 9.69 Å². The number of fused-ring (bicyclic) bond motifs is 1. The lowest BCUT2D eigenvalue weighted by Gasteiger charge is -2.26. The number of carbonyl (C=O) groups is 1. The van der Waals surface area contributed by atoms with Crippen LogP contribution in [0.1, 0.15) is 24.4 Å². The van der Waals surface area contributed by atoms with E-state index in [4.69, 9.17) is 9.47 Å². The zero-order chi connectivity index (χ0) is 16.4. The molecule has 23 heavy (non-hydrogen) atoms. The van der Waals surface area contributed by atoms with Crippen LogP contribution in [0.2, 0.25) is 0 Å². The first-order valence-electron chi connectivity index (χ1n) is 7.97. The first-order chi connectivity index (χ1) is 11.1. The Hall–Kier alpha value is -2.01. The molecule has 1 saturated heterocycles. The number of hydrogen-bond acceptors (Lipinski definition) is 4. The van der Waals surface area contributed by atoms with Crippen LogP contribution in [-0.4, -0.2) is 43.3 Å². The van der Waals surface area contributed by atoms with E-state index < -0.39 is 12.0 Å². The molecule has 0 saturated carbocycles. The summed E-state index contributed by atoms with van der Waals surface area (Å²) in [6.07, 6.45) is 6.52. The van der Waals surface area contributed by atoms with Crippen molar-refractivity contribution in [3.63, 3.8) is 0 Å². The molecule has 124 valence electrons. The quantitative estimate of drug-likeness (QED) is 0.846. The van der Waals surface area contributed by atoms with Gasteiger partial charge < -0.3 is 14.6 Å². The predicted molar refractivity (Wildman–Crippen MR) is 86.8 cm³/mol. The predicted octanol–water partition coefficient (Wildman–Crippen LogP) is 2.73. The fourth-order valence-corrected chi connectivity index (χ4v) is 3.80. The fraction of sp³-hybridized carbons (Fsp3) is 0.500. The molecule has 1 unspecified atom stereocenters. The monoisotopic (exact) mass is 317 g/mol. The minimum atomic E-state index is -0.844. The highest BCUT2D eigenvalue weighted by molar-refractivity contribution is 5.77. The Morgan fingerprint density at radius 3 is 2.35 bits per heavy atom. The molecule has 0 amide bonds. The van der Waals surface area contributed by atoms with Gasteiger partial charge in [-0.05, 0) is 42.9 Å². The Morgan fingerprint density at radius 2 is 1.83 bits per heavy atom. The molecule has 1 fully saturated rings. The number of benzene rings is 1. The standard InChI is InChI=1S/C18H23NO4/c1-22-14-7-8-16(23-2)15(9-14)17(18(20)21)19-10-12-5-3-4-6-13(12)11-19/h3-4,7-9,12-13,17H,5-6,10-11H2,1-2H3,(H,20,21)/t12-,13+,17?. The molecule has 0 bridgehead atoms. The average molecular weight is 317 g/mol. The highest BCUT2D eigenvalue weighted by Gasteiger charge is 2.40. The number of likely N-dealkylation sites (tertiary alicyclic amines) is 1. The molecule has 1 aliphatic carbocycles. The summed E-state index contributed by atoms with van der Waals surface area (Å²) in [5, 5.41) is 9.85. The minimum Gasteiger partial charge on any atom is -0.497 e. The summed E-state index contributed by atoms with van der Waals surface area (Å²) in [4.78, 5) is 14.1. The van der Waals surface area contributed by atoms with Gasteiger partial charge in [-0.25, -0.2) is 0 Å². The molecule has 1 N–H and O–H groups in total. The van der Waals surface area contributed by atoms with Gasteiger partial charge in [0, 0.05) is 18.7 Å². The topological polar surface area (TPSA) is 59.0 Å². The maximum absolute atomic E-state index is 12.0. The Bertz CT molecular complexity index is 597. The number of methoxy groups -OCH3 is 2. The van der Waals surface area contributed by atoms with Gasteiger partial charge in [0.2, 0.25) is 0 Å². The Morgan fingerprint density at radius 1 is 1.17 bits per heavy atom. The Labute approximate surface area is 136 Å². The number of ether oxygens (including phenoxy) is 2. The molecule has 0 radical (unpaired) electrons. The molecule has 1 heterocycles. The van der Waals surface area contributed by atoms with Gasteiger partial charge in [-0.1, -0.05) is 12.2 Å². The SMILES string of the molecule is COc1ccc(OC)c(C(C(=O)O)N2C[C@H]3CC=CC[C@H]3C2)c1. The summed E-state index contributed by atoms with van der Waals surface area (Å²) in [6.45, 7) is 1.62. The third-order valence-corrected chi connectivity index (χ3v) is 4.98. The molecule has 0 aromatic heterocycles. The number of allylic oxidation sites excluding steroid dienone is 2. The summed E-state index contributed by atoms with van der Waals surface area (Å²) >= 11 is 0. The highest BCUT2D eigenvalue weighted by Crippen LogP contribution is 2.40. The van der Waals surface area contributed by atoms with Gasteiger partial charge >= 0.3 is 5.97 Å². The van der Waals surface area contributed by atoms with Gasteiger partial charge in [0.1, 0.15) is 17.5 Å². The van der Waals surface area contributed by atoms with Crippen LogP contribution < -0.4 is 9.47 Å². The summed E-state index contributed by atoms with van der Waals surface area (Å²) in [5.41, 5.74) is 0.658. The van der Waals surface area contributed by atoms with E-state index in [0.29, 0.717) is 28.9 Å². The normalized spacial score (nSPS) is 25.0. The van der Waals surface area contributed by atoms with Crippen molar-refractivity contribution in [1.82, 2.24) is 4.90 Å². The highest BCUT2D eigenvalue weighted by atomic mass is 16.5. The summed E-state index contributed by atoms with van der Waals surface area (Å²) < 4.78 is 10.7. The van der Waals surface area contributed by atoms with Gasteiger partial charge in [-0.2, -0.15) is 0 Å². The van der Waals surface area contributed by atoms with Gasteiger partial charge in [0.05, 0.1) is 14.2 Å². The number of rotatable bonds is 5. The zero-order valence-corrected chi connectivity index (χ0v) is 13.6. The van der Waals surface area contributed by atoms with Crippen molar-refractivity contribution in [2.45, 2.75) is 18.9 Å². The summed E-state index contributed by atoms with van der Waals surface area (Å²) in [6, 6.07) is 4.63. The van der Waals surface area contributed by atoms with E-state index in [1.807, 2.05) is 0 Å². The fourth-order valence-electron chi connectivity index (χ4n) is 3.80. The van der Waals surface area contributed by atoms with Crippen LogP contribution in [0.3, 0.4) is 0 Å². The molecule has 3 rings (SSSR count). The number of carboxylic acids is 1. The van der Waals surface area contributed by atoms with Crippen LogP contribution in [0.5, 0.6) is 11.5 Å². The van der Waals surface area contributed by atoms with Crippen molar-refractivity contribution in [2.24, 2.45) is 11.8 Å². The Kier molecular flexibility index (Phi) is 4.57. The van der Waals surface area contributed by atoms with E-state index in [9.17, 15) is 9.90 Å². The minimum absolute atomic E-state index is 0.554. The van der Waals surface area contributed by atoms with E-state index in [1.165, 1.54) is 0 Å². The molecule has 1 aromatic rings. The average Bonchev–Trinajstić information content (AvgIpc) is 2.97. The third kappa shape index (κ3) is 3.06. The smallest absolute Gasteiger partial charge is 0.325 e. The third-order valence-electron chi connectivity index (χ3n) is 4.98. The molecule has 1 aliphatic heterocycles. The van der Waals surface area contributed by atoms with Gasteiger partial charge in [0.15, 0.2) is 0 Å². The lowest BCUT2D eigenvalue weighted by Crippen LogP contribution is -2.33. The van der Waals surface area contributed by atoms with Gasteiger partial charge in [-0.15, -0.1) is 0 Å². The van der Waals surface area contributed by atoms with Crippen molar-refractivity contribution < 1.29 is 19.4 Å². The first kappa shape index (κ1) is 15.9. The molecule has 2 aliphatic rings. The number of hydrogen-bond donors (Lipinski definition) is 1. The first-order valence-corrected chi connectivity index (χ1v) is 7.97. The second-order valence-corrected chi connectivity index (χ2v) is 6.27. The van der Waals surface area contributed by atoms with Gasteiger partial charge in [0.25, 0.3) is 0 Å². The van der Waals surface area contributed by atoms with Crippen LogP contribution in [0, 0.1) is 11.8 Å². The molecular formula is C18H23NO4.